The quantitative estimate of drug-likeness (QED) is 0.501. The number of hydrogen-bond donors (Lipinski definition) is 0. The minimum absolute atomic E-state index is 1.22. The first-order chi connectivity index (χ1) is 6.45. The van der Waals surface area contributed by atoms with Gasteiger partial charge in [0, 0.05) is 12.0 Å². The number of hydrogen-bond acceptors (Lipinski definition) is 0. The largest absolute Gasteiger partial charge is 0.209 e. The van der Waals surface area contributed by atoms with Crippen LogP contribution in [0.5, 0.6) is 0 Å². The second-order valence-corrected chi connectivity index (χ2v) is 4.28. The summed E-state index contributed by atoms with van der Waals surface area (Å²) in [4.78, 5) is 0. The van der Waals surface area contributed by atoms with Crippen LogP contribution in [0.1, 0.15) is 51.4 Å². The first kappa shape index (κ1) is 8.98. The summed E-state index contributed by atoms with van der Waals surface area (Å²) in [7, 11) is 0. The van der Waals surface area contributed by atoms with Crippen LogP contribution >= 0.6 is 0 Å². The molecule has 0 aliphatic carbocycles. The van der Waals surface area contributed by atoms with Crippen molar-refractivity contribution < 1.29 is 4.58 Å². The first-order valence-corrected chi connectivity index (χ1v) is 5.74. The van der Waals surface area contributed by atoms with E-state index in [1.807, 2.05) is 0 Å². The van der Waals surface area contributed by atoms with Gasteiger partial charge in [-0.2, -0.15) is 0 Å². The van der Waals surface area contributed by atoms with Gasteiger partial charge in [0.15, 0.2) is 6.20 Å². The molecule has 2 bridgehead atoms. The average Bonchev–Trinajstić information content (AvgIpc) is 2.52. The fourth-order valence-electron chi connectivity index (χ4n) is 2.25. The maximum Gasteiger partial charge on any atom is 0.168 e. The second-order valence-electron chi connectivity index (χ2n) is 4.28. The Morgan fingerprint density at radius 1 is 0.923 bits per heavy atom. The van der Waals surface area contributed by atoms with Crippen molar-refractivity contribution in [1.82, 2.24) is 0 Å². The van der Waals surface area contributed by atoms with E-state index in [9.17, 15) is 0 Å². The third-order valence-electron chi connectivity index (χ3n) is 3.10. The number of nitrogens with zero attached hydrogens (tertiary/aromatic N) is 1. The van der Waals surface area contributed by atoms with Crippen LogP contribution in [0.4, 0.5) is 0 Å². The van der Waals surface area contributed by atoms with Crippen LogP contribution in [0, 0.1) is 0 Å². The Bertz CT molecular complexity index is 225. The van der Waals surface area contributed by atoms with Crippen LogP contribution in [0.2, 0.25) is 0 Å². The first-order valence-electron chi connectivity index (χ1n) is 5.74. The molecule has 0 N–H and O–H groups in total. The van der Waals surface area contributed by atoms with Crippen molar-refractivity contribution in [2.75, 3.05) is 6.54 Å². The summed E-state index contributed by atoms with van der Waals surface area (Å²) in [6, 6.07) is 0. The van der Waals surface area contributed by atoms with Crippen molar-refractivity contribution >= 4 is 6.21 Å². The highest BCUT2D eigenvalue weighted by Gasteiger charge is 2.13. The summed E-state index contributed by atoms with van der Waals surface area (Å²) >= 11 is 0. The van der Waals surface area contributed by atoms with Crippen molar-refractivity contribution in [3.8, 4) is 0 Å². The summed E-state index contributed by atoms with van der Waals surface area (Å²) in [5, 5.41) is 0. The van der Waals surface area contributed by atoms with Gasteiger partial charge >= 0.3 is 0 Å². The zero-order valence-corrected chi connectivity index (χ0v) is 8.47. The molecule has 0 aromatic carbocycles. The molecule has 2 heterocycles. The van der Waals surface area contributed by atoms with Gasteiger partial charge in [-0.3, -0.25) is 0 Å². The van der Waals surface area contributed by atoms with E-state index in [0.717, 1.165) is 0 Å². The van der Waals surface area contributed by atoms with Crippen molar-refractivity contribution in [3.05, 3.63) is 11.8 Å². The van der Waals surface area contributed by atoms with Gasteiger partial charge in [0.2, 0.25) is 0 Å². The lowest BCUT2D eigenvalue weighted by Gasteiger charge is -1.99. The fraction of sp³-hybridized carbons (Fsp3) is 0.750. The maximum atomic E-state index is 2.40. The summed E-state index contributed by atoms with van der Waals surface area (Å²) in [5.41, 5.74) is 1.65. The van der Waals surface area contributed by atoms with Gasteiger partial charge in [0.1, 0.15) is 12.8 Å². The summed E-state index contributed by atoms with van der Waals surface area (Å²) in [6.07, 6.45) is 15.9. The number of rotatable bonds is 0. The minimum Gasteiger partial charge on any atom is -0.209 e. The average molecular weight is 178 g/mol. The SMILES string of the molecule is C1=C2CC=[N+]1CCCCCCCC2. The molecule has 0 spiro atoms. The molecule has 13 heavy (non-hydrogen) atoms. The van der Waals surface area contributed by atoms with E-state index in [4.69, 9.17) is 0 Å². The Morgan fingerprint density at radius 2 is 1.69 bits per heavy atom. The Kier molecular flexibility index (Phi) is 3.17. The van der Waals surface area contributed by atoms with Crippen molar-refractivity contribution in [1.29, 1.82) is 0 Å². The molecular formula is C12H20N+. The zero-order valence-electron chi connectivity index (χ0n) is 8.47. The van der Waals surface area contributed by atoms with E-state index in [0.29, 0.717) is 0 Å². The topological polar surface area (TPSA) is 3.01 Å². The van der Waals surface area contributed by atoms with Crippen LogP contribution in [-0.4, -0.2) is 17.3 Å². The fourth-order valence-corrected chi connectivity index (χ4v) is 2.25. The number of fused-ring (bicyclic) bond motifs is 1. The molecule has 2 aliphatic heterocycles. The van der Waals surface area contributed by atoms with Gasteiger partial charge < -0.3 is 0 Å². The highest BCUT2D eigenvalue weighted by atomic mass is 15.0. The third-order valence-corrected chi connectivity index (χ3v) is 3.10. The van der Waals surface area contributed by atoms with Crippen LogP contribution in [0.15, 0.2) is 11.8 Å². The standard InChI is InChI=1S/C12H20N/c1-2-4-6-9-13-10-8-12(11-13)7-5-3-1/h10-11H,1-9H2/q+1. The molecule has 0 atom stereocenters. The van der Waals surface area contributed by atoms with E-state index in [1.54, 1.807) is 5.57 Å². The van der Waals surface area contributed by atoms with Crippen LogP contribution in [-0.2, 0) is 0 Å². The molecule has 1 heteroatoms. The van der Waals surface area contributed by atoms with E-state index < -0.39 is 0 Å². The Hall–Kier alpha value is -0.590. The molecule has 72 valence electrons. The summed E-state index contributed by atoms with van der Waals surface area (Å²) in [5.74, 6) is 0. The molecule has 0 saturated carbocycles. The van der Waals surface area contributed by atoms with Gasteiger partial charge in [0.05, 0.1) is 6.42 Å². The molecule has 0 aromatic heterocycles. The van der Waals surface area contributed by atoms with Crippen molar-refractivity contribution in [2.45, 2.75) is 51.4 Å². The van der Waals surface area contributed by atoms with Gasteiger partial charge in [0.25, 0.3) is 0 Å². The highest BCUT2D eigenvalue weighted by molar-refractivity contribution is 5.58. The molecular weight excluding hydrogens is 158 g/mol. The molecule has 0 saturated heterocycles. The molecule has 0 radical (unpaired) electrons. The summed E-state index contributed by atoms with van der Waals surface area (Å²) < 4.78 is 2.40. The molecule has 1 nitrogen and oxygen atoms in total. The van der Waals surface area contributed by atoms with E-state index >= 15 is 0 Å². The van der Waals surface area contributed by atoms with Gasteiger partial charge in [-0.1, -0.05) is 19.3 Å². The van der Waals surface area contributed by atoms with Gasteiger partial charge in [-0.15, -0.1) is 0 Å². The van der Waals surface area contributed by atoms with Gasteiger partial charge in [-0.25, -0.2) is 4.58 Å². The molecule has 0 unspecified atom stereocenters. The van der Waals surface area contributed by atoms with Crippen molar-refractivity contribution in [3.63, 3.8) is 0 Å². The second kappa shape index (κ2) is 4.59. The highest BCUT2D eigenvalue weighted by Crippen LogP contribution is 2.18. The lowest BCUT2D eigenvalue weighted by Crippen LogP contribution is -2.03. The van der Waals surface area contributed by atoms with E-state index in [1.165, 1.54) is 57.9 Å². The normalized spacial score (nSPS) is 24.6. The van der Waals surface area contributed by atoms with Crippen LogP contribution in [0.3, 0.4) is 0 Å². The molecule has 2 aliphatic rings. The van der Waals surface area contributed by atoms with Crippen molar-refractivity contribution in [2.24, 2.45) is 0 Å². The zero-order chi connectivity index (χ0) is 8.93. The molecule has 0 amide bonds. The predicted octanol–water partition coefficient (Wildman–Crippen LogP) is 3.10. The molecule has 0 fully saturated rings. The summed E-state index contributed by atoms with van der Waals surface area (Å²) in [6.45, 7) is 1.25. The van der Waals surface area contributed by atoms with E-state index in [-0.39, 0.29) is 0 Å². The van der Waals surface area contributed by atoms with Crippen LogP contribution in [0.25, 0.3) is 0 Å². The lowest BCUT2D eigenvalue weighted by molar-refractivity contribution is -0.450. The number of allylic oxidation sites excluding steroid dienone is 1. The molecule has 2 rings (SSSR count). The Labute approximate surface area is 81.2 Å². The monoisotopic (exact) mass is 178 g/mol. The van der Waals surface area contributed by atoms with Gasteiger partial charge in [-0.05, 0) is 19.3 Å². The molecule has 0 aromatic rings. The Balaban J connectivity index is 1.91. The third kappa shape index (κ3) is 2.68. The van der Waals surface area contributed by atoms with E-state index in [2.05, 4.69) is 17.0 Å². The lowest BCUT2D eigenvalue weighted by atomic mass is 10.0. The minimum atomic E-state index is 1.22. The maximum absolute atomic E-state index is 2.40. The Morgan fingerprint density at radius 3 is 2.62 bits per heavy atom. The van der Waals surface area contributed by atoms with Crippen LogP contribution < -0.4 is 0 Å². The predicted molar refractivity (Wildman–Crippen MR) is 56.2 cm³/mol. The smallest absolute Gasteiger partial charge is 0.168 e.